The number of sulfone groups is 1. The summed E-state index contributed by atoms with van der Waals surface area (Å²) in [6.07, 6.45) is 4.03. The normalized spacial score (nSPS) is 24.1. The molecule has 1 aliphatic heterocycles. The molecule has 3 rings (SSSR count). The molecule has 0 saturated heterocycles. The number of hydrogen-bond acceptors (Lipinski definition) is 3. The van der Waals surface area contributed by atoms with Crippen LogP contribution in [0.1, 0.15) is 30.4 Å². The van der Waals surface area contributed by atoms with Crippen molar-refractivity contribution in [2.75, 3.05) is 12.3 Å². The van der Waals surface area contributed by atoms with E-state index in [2.05, 4.69) is 6.07 Å². The van der Waals surface area contributed by atoms with E-state index >= 15 is 0 Å². The van der Waals surface area contributed by atoms with Crippen LogP contribution in [0.2, 0.25) is 0 Å². The van der Waals surface area contributed by atoms with E-state index in [1.54, 1.807) is 0 Å². The molecule has 2 N–H and O–H groups in total. The first-order valence-corrected chi connectivity index (χ1v) is 7.79. The van der Waals surface area contributed by atoms with Gasteiger partial charge >= 0.3 is 0 Å². The standard InChI is InChI=1S/C13H17NO2S/c14-9-13(5-1-6-13)11-3-2-10-4-7-17(15,16)12(10)8-11/h2-3,8H,1,4-7,9,14H2. The van der Waals surface area contributed by atoms with Crippen molar-refractivity contribution in [1.82, 2.24) is 0 Å². The second kappa shape index (κ2) is 3.56. The van der Waals surface area contributed by atoms with Crippen LogP contribution in [0.15, 0.2) is 23.1 Å². The predicted molar refractivity (Wildman–Crippen MR) is 66.8 cm³/mol. The highest BCUT2D eigenvalue weighted by Crippen LogP contribution is 2.44. The first kappa shape index (κ1) is 11.2. The molecule has 0 amide bonds. The van der Waals surface area contributed by atoms with Crippen molar-refractivity contribution in [3.8, 4) is 0 Å². The number of aryl methyl sites for hydroxylation is 1. The van der Waals surface area contributed by atoms with Crippen molar-refractivity contribution in [2.45, 2.75) is 36.0 Å². The predicted octanol–water partition coefficient (Wildman–Crippen LogP) is 1.40. The number of rotatable bonds is 2. The Balaban J connectivity index is 2.10. The highest BCUT2D eigenvalue weighted by atomic mass is 32.2. The Kier molecular flexibility index (Phi) is 2.35. The molecule has 0 unspecified atom stereocenters. The van der Waals surface area contributed by atoms with Gasteiger partial charge in [0.15, 0.2) is 9.84 Å². The lowest BCUT2D eigenvalue weighted by molar-refractivity contribution is 0.252. The van der Waals surface area contributed by atoms with E-state index in [9.17, 15) is 8.42 Å². The minimum atomic E-state index is -3.02. The minimum Gasteiger partial charge on any atom is -0.330 e. The van der Waals surface area contributed by atoms with E-state index in [0.717, 1.165) is 24.0 Å². The molecule has 4 heteroatoms. The second-order valence-corrected chi connectivity index (χ2v) is 7.31. The van der Waals surface area contributed by atoms with Gasteiger partial charge in [-0.05, 0) is 36.5 Å². The van der Waals surface area contributed by atoms with Crippen LogP contribution in [0.25, 0.3) is 0 Å². The van der Waals surface area contributed by atoms with Gasteiger partial charge < -0.3 is 5.73 Å². The summed E-state index contributed by atoms with van der Waals surface area (Å²) in [5.74, 6) is 0.265. The van der Waals surface area contributed by atoms with Gasteiger partial charge in [-0.25, -0.2) is 8.42 Å². The SMILES string of the molecule is NCC1(c2ccc3c(c2)S(=O)(=O)CC3)CCC1. The lowest BCUT2D eigenvalue weighted by atomic mass is 9.64. The van der Waals surface area contributed by atoms with Gasteiger partial charge in [-0.1, -0.05) is 18.6 Å². The van der Waals surface area contributed by atoms with E-state index in [-0.39, 0.29) is 11.2 Å². The van der Waals surface area contributed by atoms with Crippen molar-refractivity contribution < 1.29 is 8.42 Å². The van der Waals surface area contributed by atoms with E-state index in [1.165, 1.54) is 6.42 Å². The summed E-state index contributed by atoms with van der Waals surface area (Å²) in [7, 11) is -3.02. The fraction of sp³-hybridized carbons (Fsp3) is 0.538. The van der Waals surface area contributed by atoms with E-state index in [0.29, 0.717) is 17.9 Å². The third kappa shape index (κ3) is 1.54. The first-order chi connectivity index (χ1) is 8.07. The quantitative estimate of drug-likeness (QED) is 0.864. The topological polar surface area (TPSA) is 60.2 Å². The summed E-state index contributed by atoms with van der Waals surface area (Å²) >= 11 is 0. The molecule has 1 fully saturated rings. The summed E-state index contributed by atoms with van der Waals surface area (Å²) in [6.45, 7) is 0.617. The van der Waals surface area contributed by atoms with Crippen LogP contribution in [0.4, 0.5) is 0 Å². The molecule has 0 spiro atoms. The smallest absolute Gasteiger partial charge is 0.178 e. The van der Waals surface area contributed by atoms with Gasteiger partial charge in [-0.2, -0.15) is 0 Å². The molecule has 1 aliphatic carbocycles. The highest BCUT2D eigenvalue weighted by Gasteiger charge is 2.38. The molecule has 0 bridgehead atoms. The first-order valence-electron chi connectivity index (χ1n) is 6.14. The second-order valence-electron chi connectivity index (χ2n) is 5.23. The molecule has 1 heterocycles. The zero-order chi connectivity index (χ0) is 12.1. The van der Waals surface area contributed by atoms with Crippen molar-refractivity contribution in [2.24, 2.45) is 5.73 Å². The maximum atomic E-state index is 11.9. The molecule has 1 saturated carbocycles. The number of benzene rings is 1. The van der Waals surface area contributed by atoms with Crippen molar-refractivity contribution in [1.29, 1.82) is 0 Å². The molecule has 1 aromatic carbocycles. The van der Waals surface area contributed by atoms with Crippen molar-refractivity contribution in [3.63, 3.8) is 0 Å². The fourth-order valence-corrected chi connectivity index (χ4v) is 4.53. The lowest BCUT2D eigenvalue weighted by Crippen LogP contribution is -2.41. The molecule has 2 aliphatic rings. The Labute approximate surface area is 102 Å². The molecular weight excluding hydrogens is 234 g/mol. The van der Waals surface area contributed by atoms with Gasteiger partial charge in [0.05, 0.1) is 10.6 Å². The Morgan fingerprint density at radius 1 is 1.29 bits per heavy atom. The van der Waals surface area contributed by atoms with Gasteiger partial charge in [0.1, 0.15) is 0 Å². The molecular formula is C13H17NO2S. The average Bonchev–Trinajstić information content (AvgIpc) is 2.55. The largest absolute Gasteiger partial charge is 0.330 e. The van der Waals surface area contributed by atoms with Gasteiger partial charge in [-0.3, -0.25) is 0 Å². The van der Waals surface area contributed by atoms with Crippen LogP contribution in [0.3, 0.4) is 0 Å². The maximum Gasteiger partial charge on any atom is 0.178 e. The van der Waals surface area contributed by atoms with Gasteiger partial charge in [0.25, 0.3) is 0 Å². The Morgan fingerprint density at radius 3 is 2.65 bits per heavy atom. The van der Waals surface area contributed by atoms with Crippen LogP contribution in [0, 0.1) is 0 Å². The summed E-state index contributed by atoms with van der Waals surface area (Å²) in [5, 5.41) is 0. The third-order valence-corrected chi connectivity index (χ3v) is 6.15. The van der Waals surface area contributed by atoms with Gasteiger partial charge in [-0.15, -0.1) is 0 Å². The number of hydrogen-bond donors (Lipinski definition) is 1. The third-order valence-electron chi connectivity index (χ3n) is 4.36. The summed E-state index contributed by atoms with van der Waals surface area (Å²) < 4.78 is 23.8. The summed E-state index contributed by atoms with van der Waals surface area (Å²) in [4.78, 5) is 0.551. The summed E-state index contributed by atoms with van der Waals surface area (Å²) in [6, 6.07) is 5.93. The number of fused-ring (bicyclic) bond motifs is 1. The molecule has 17 heavy (non-hydrogen) atoms. The van der Waals surface area contributed by atoms with E-state index in [1.807, 2.05) is 12.1 Å². The van der Waals surface area contributed by atoms with Crippen molar-refractivity contribution in [3.05, 3.63) is 29.3 Å². The Bertz CT molecular complexity index is 553. The lowest BCUT2D eigenvalue weighted by Gasteiger charge is -2.41. The zero-order valence-corrected chi connectivity index (χ0v) is 10.6. The van der Waals surface area contributed by atoms with Crippen LogP contribution >= 0.6 is 0 Å². The molecule has 0 radical (unpaired) electrons. The fourth-order valence-electron chi connectivity index (χ4n) is 2.95. The van der Waals surface area contributed by atoms with E-state index < -0.39 is 9.84 Å². The zero-order valence-electron chi connectivity index (χ0n) is 9.78. The number of nitrogens with two attached hydrogens (primary N) is 1. The maximum absolute atomic E-state index is 11.9. The monoisotopic (exact) mass is 251 g/mol. The molecule has 1 aromatic rings. The summed E-state index contributed by atoms with van der Waals surface area (Å²) in [5.41, 5.74) is 8.01. The van der Waals surface area contributed by atoms with E-state index in [4.69, 9.17) is 5.73 Å². The van der Waals surface area contributed by atoms with Crippen molar-refractivity contribution >= 4 is 9.84 Å². The Morgan fingerprint density at radius 2 is 2.06 bits per heavy atom. The van der Waals surface area contributed by atoms with Crippen LogP contribution < -0.4 is 5.73 Å². The molecule has 0 atom stereocenters. The molecule has 3 nitrogen and oxygen atoms in total. The highest BCUT2D eigenvalue weighted by molar-refractivity contribution is 7.91. The molecule has 0 aromatic heterocycles. The van der Waals surface area contributed by atoms with Gasteiger partial charge in [0, 0.05) is 12.0 Å². The average molecular weight is 251 g/mol. The Hall–Kier alpha value is -0.870. The minimum absolute atomic E-state index is 0.0488. The van der Waals surface area contributed by atoms with Crippen LogP contribution in [-0.4, -0.2) is 20.7 Å². The van der Waals surface area contributed by atoms with Crippen LogP contribution in [-0.2, 0) is 21.7 Å². The molecule has 92 valence electrons. The van der Waals surface area contributed by atoms with Crippen LogP contribution in [0.5, 0.6) is 0 Å². The van der Waals surface area contributed by atoms with Gasteiger partial charge in [0.2, 0.25) is 0 Å².